The molecule has 4 N–H and O–H groups in total. The van der Waals surface area contributed by atoms with Crippen molar-refractivity contribution in [3.05, 3.63) is 67.8 Å². The Labute approximate surface area is 183 Å². The number of hydrogen-bond acceptors (Lipinski definition) is 4. The lowest BCUT2D eigenvalue weighted by Crippen LogP contribution is -2.08. The van der Waals surface area contributed by atoms with Crippen molar-refractivity contribution in [2.75, 3.05) is 6.54 Å². The van der Waals surface area contributed by atoms with E-state index in [9.17, 15) is 9.90 Å². The number of hydrogen-bond donors (Lipinski definition) is 3. The van der Waals surface area contributed by atoms with Crippen molar-refractivity contribution in [1.29, 1.82) is 0 Å². The van der Waals surface area contributed by atoms with Gasteiger partial charge in [-0.25, -0.2) is 0 Å². The first-order chi connectivity index (χ1) is 13.4. The van der Waals surface area contributed by atoms with Crippen LogP contribution in [-0.4, -0.2) is 16.6 Å². The fraction of sp³-hybridized carbons (Fsp3) is 0.227. The van der Waals surface area contributed by atoms with Crippen LogP contribution in [-0.2, 0) is 6.61 Å². The average molecular weight is 449 g/mol. The monoisotopic (exact) mass is 448 g/mol. The number of rotatable bonds is 4. The molecule has 2 aromatic heterocycles. The van der Waals surface area contributed by atoms with Crippen LogP contribution in [0.1, 0.15) is 29.5 Å². The van der Waals surface area contributed by atoms with Crippen molar-refractivity contribution in [3.8, 4) is 11.1 Å². The van der Waals surface area contributed by atoms with E-state index in [0.717, 1.165) is 38.5 Å². The molecule has 0 aliphatic heterocycles. The van der Waals surface area contributed by atoms with Crippen LogP contribution in [0.15, 0.2) is 41.2 Å². The predicted molar refractivity (Wildman–Crippen MR) is 126 cm³/mol. The van der Waals surface area contributed by atoms with Crippen LogP contribution >= 0.6 is 35.3 Å². The molecule has 0 amide bonds. The summed E-state index contributed by atoms with van der Waals surface area (Å²) < 4.78 is 1.17. The van der Waals surface area contributed by atoms with E-state index >= 15 is 0 Å². The van der Waals surface area contributed by atoms with Crippen LogP contribution in [0.5, 0.6) is 0 Å². The SMILES string of the molecule is Cc1cc(CO)c(-c2ccc([C@@H](C)CN)cc2)c2c1[nH]c(=O)c1sc(Cl)cc12.Cl. The third-order valence-electron chi connectivity index (χ3n) is 5.31. The first-order valence-electron chi connectivity index (χ1n) is 9.13. The van der Waals surface area contributed by atoms with Crippen LogP contribution in [0.4, 0.5) is 0 Å². The molecule has 0 aliphatic carbocycles. The van der Waals surface area contributed by atoms with Gasteiger partial charge in [-0.2, -0.15) is 0 Å². The number of aliphatic hydroxyl groups is 1. The van der Waals surface area contributed by atoms with E-state index in [4.69, 9.17) is 17.3 Å². The summed E-state index contributed by atoms with van der Waals surface area (Å²) in [4.78, 5) is 15.6. The zero-order valence-corrected chi connectivity index (χ0v) is 18.5. The van der Waals surface area contributed by atoms with Gasteiger partial charge >= 0.3 is 0 Å². The number of aliphatic hydroxyl groups excluding tert-OH is 1. The fourth-order valence-electron chi connectivity index (χ4n) is 3.77. The average Bonchev–Trinajstić information content (AvgIpc) is 3.10. The van der Waals surface area contributed by atoms with Crippen LogP contribution in [0.3, 0.4) is 0 Å². The smallest absolute Gasteiger partial charge is 0.266 e. The number of benzene rings is 2. The van der Waals surface area contributed by atoms with E-state index in [1.807, 2.05) is 19.1 Å². The number of thiophene rings is 1. The third-order valence-corrected chi connectivity index (χ3v) is 6.58. The number of aromatic nitrogens is 1. The molecular weight excluding hydrogens is 427 g/mol. The molecule has 0 aliphatic rings. The predicted octanol–water partition coefficient (Wildman–Crippen LogP) is 5.35. The minimum atomic E-state index is -0.141. The number of nitrogens with two attached hydrogens (primary N) is 1. The second kappa shape index (κ2) is 8.46. The highest BCUT2D eigenvalue weighted by molar-refractivity contribution is 7.22. The van der Waals surface area contributed by atoms with Crippen LogP contribution < -0.4 is 11.3 Å². The summed E-state index contributed by atoms with van der Waals surface area (Å²) in [5.74, 6) is 0.278. The Morgan fingerprint density at radius 3 is 2.55 bits per heavy atom. The largest absolute Gasteiger partial charge is 0.392 e. The van der Waals surface area contributed by atoms with E-state index in [-0.39, 0.29) is 30.5 Å². The van der Waals surface area contributed by atoms with Crippen LogP contribution in [0.2, 0.25) is 4.34 Å². The molecule has 0 unspecified atom stereocenters. The number of halogens is 2. The Morgan fingerprint density at radius 1 is 1.24 bits per heavy atom. The summed E-state index contributed by atoms with van der Waals surface area (Å²) >= 11 is 7.51. The number of aromatic amines is 1. The molecule has 0 fully saturated rings. The van der Waals surface area contributed by atoms with Crippen molar-refractivity contribution in [2.45, 2.75) is 26.4 Å². The van der Waals surface area contributed by atoms with Gasteiger partial charge in [-0.15, -0.1) is 23.7 Å². The van der Waals surface area contributed by atoms with E-state index < -0.39 is 0 Å². The highest BCUT2D eigenvalue weighted by atomic mass is 35.5. The minimum Gasteiger partial charge on any atom is -0.392 e. The molecule has 152 valence electrons. The first kappa shape index (κ1) is 21.8. The van der Waals surface area contributed by atoms with E-state index in [1.165, 1.54) is 16.9 Å². The van der Waals surface area contributed by atoms with Gasteiger partial charge in [-0.3, -0.25) is 4.79 Å². The Kier molecular flexibility index (Phi) is 6.36. The lowest BCUT2D eigenvalue weighted by Gasteiger charge is -2.16. The Bertz CT molecular complexity index is 1250. The maximum absolute atomic E-state index is 12.5. The molecule has 0 saturated heterocycles. The summed E-state index contributed by atoms with van der Waals surface area (Å²) in [5.41, 5.74) is 11.2. The first-order valence-corrected chi connectivity index (χ1v) is 10.3. The maximum atomic E-state index is 12.5. The molecule has 0 bridgehead atoms. The van der Waals surface area contributed by atoms with Gasteiger partial charge < -0.3 is 15.8 Å². The molecule has 4 nitrogen and oxygen atoms in total. The van der Waals surface area contributed by atoms with E-state index in [0.29, 0.717) is 15.6 Å². The lowest BCUT2D eigenvalue weighted by molar-refractivity contribution is 0.282. The molecule has 1 atom stereocenters. The zero-order valence-electron chi connectivity index (χ0n) is 16.1. The lowest BCUT2D eigenvalue weighted by atomic mass is 9.90. The molecule has 0 spiro atoms. The third kappa shape index (κ3) is 3.69. The fourth-order valence-corrected chi connectivity index (χ4v) is 4.90. The van der Waals surface area contributed by atoms with Gasteiger partial charge in [-0.05, 0) is 53.3 Å². The van der Waals surface area contributed by atoms with Gasteiger partial charge in [0.2, 0.25) is 0 Å². The number of aryl methyl sites for hydroxylation is 1. The van der Waals surface area contributed by atoms with Crippen molar-refractivity contribution in [1.82, 2.24) is 4.98 Å². The van der Waals surface area contributed by atoms with Gasteiger partial charge in [0.15, 0.2) is 0 Å². The van der Waals surface area contributed by atoms with Gasteiger partial charge in [0.05, 0.1) is 16.5 Å². The standard InChI is InChI=1S/C22H21ClN2O2S.ClH/c1-11-7-15(10-26)18(14-5-3-13(4-6-14)12(2)9-24)19-16-8-17(23)28-21(16)22(27)25-20(11)19;/h3-8,12,26H,9-10,24H2,1-2H3,(H,25,27);1H/t12-;/m0./s1. The minimum absolute atomic E-state index is 0. The summed E-state index contributed by atoms with van der Waals surface area (Å²) in [6.45, 7) is 4.53. The number of nitrogens with one attached hydrogen (secondary N) is 1. The maximum Gasteiger partial charge on any atom is 0.266 e. The van der Waals surface area contributed by atoms with Crippen molar-refractivity contribution in [3.63, 3.8) is 0 Å². The van der Waals surface area contributed by atoms with Crippen molar-refractivity contribution < 1.29 is 5.11 Å². The molecule has 0 saturated carbocycles. The van der Waals surface area contributed by atoms with Crippen molar-refractivity contribution >= 4 is 56.3 Å². The number of pyridine rings is 1. The second-order valence-electron chi connectivity index (χ2n) is 7.14. The molecule has 2 heterocycles. The molecule has 0 radical (unpaired) electrons. The van der Waals surface area contributed by atoms with Crippen molar-refractivity contribution in [2.24, 2.45) is 5.73 Å². The summed E-state index contributed by atoms with van der Waals surface area (Å²) in [6, 6.07) is 12.0. The number of H-pyrrole nitrogens is 1. The normalized spacial score (nSPS) is 12.3. The molecular formula is C22H22Cl2N2O2S. The summed E-state index contributed by atoms with van der Waals surface area (Å²) in [7, 11) is 0. The topological polar surface area (TPSA) is 79.1 Å². The zero-order chi connectivity index (χ0) is 20.0. The molecule has 4 aromatic rings. The van der Waals surface area contributed by atoms with Gasteiger partial charge in [0.25, 0.3) is 5.56 Å². The second-order valence-corrected chi connectivity index (χ2v) is 8.83. The van der Waals surface area contributed by atoms with E-state index in [2.05, 4.69) is 36.2 Å². The van der Waals surface area contributed by atoms with Gasteiger partial charge in [0.1, 0.15) is 4.70 Å². The number of fused-ring (bicyclic) bond motifs is 3. The van der Waals surface area contributed by atoms with Gasteiger partial charge in [0, 0.05) is 10.8 Å². The Balaban J connectivity index is 0.00000240. The highest BCUT2D eigenvalue weighted by Gasteiger charge is 2.18. The molecule has 4 rings (SSSR count). The Hall–Kier alpha value is -1.89. The quantitative estimate of drug-likeness (QED) is 0.393. The van der Waals surface area contributed by atoms with Gasteiger partial charge in [-0.1, -0.05) is 48.9 Å². The molecule has 7 heteroatoms. The van der Waals surface area contributed by atoms with E-state index in [1.54, 1.807) is 0 Å². The van der Waals surface area contributed by atoms with Crippen LogP contribution in [0, 0.1) is 6.92 Å². The highest BCUT2D eigenvalue weighted by Crippen LogP contribution is 2.40. The van der Waals surface area contributed by atoms with Crippen LogP contribution in [0.25, 0.3) is 32.1 Å². The molecule has 2 aromatic carbocycles. The Morgan fingerprint density at radius 2 is 1.93 bits per heavy atom. The molecule has 29 heavy (non-hydrogen) atoms. The summed E-state index contributed by atoms with van der Waals surface area (Å²) in [5, 5.41) is 11.8. The summed E-state index contributed by atoms with van der Waals surface area (Å²) in [6.07, 6.45) is 0.